The van der Waals surface area contributed by atoms with Crippen LogP contribution in [-0.4, -0.2) is 31.6 Å². The zero-order valence-corrected chi connectivity index (χ0v) is 18.1. The quantitative estimate of drug-likeness (QED) is 0.467. The Balaban J connectivity index is 1.57. The van der Waals surface area contributed by atoms with Gasteiger partial charge in [-0.15, -0.1) is 5.92 Å². The van der Waals surface area contributed by atoms with Crippen molar-refractivity contribution in [2.24, 2.45) is 0 Å². The monoisotopic (exact) mass is 445 g/mol. The zero-order valence-electron chi connectivity index (χ0n) is 18.1. The molecule has 0 radical (unpaired) electrons. The molecular weight excluding hydrogens is 424 g/mol. The van der Waals surface area contributed by atoms with Crippen molar-refractivity contribution >= 4 is 16.8 Å². The molecule has 0 bridgehead atoms. The van der Waals surface area contributed by atoms with Gasteiger partial charge in [-0.3, -0.25) is 4.79 Å². The second-order valence-electron chi connectivity index (χ2n) is 8.08. The molecule has 166 valence electrons. The fourth-order valence-corrected chi connectivity index (χ4v) is 4.28. The Labute approximate surface area is 189 Å². The van der Waals surface area contributed by atoms with Crippen molar-refractivity contribution in [3.63, 3.8) is 0 Å². The van der Waals surface area contributed by atoms with Crippen molar-refractivity contribution in [2.75, 3.05) is 0 Å². The van der Waals surface area contributed by atoms with E-state index in [2.05, 4.69) is 32.1 Å². The summed E-state index contributed by atoms with van der Waals surface area (Å²) in [5, 5.41) is 3.95. The fourth-order valence-electron chi connectivity index (χ4n) is 4.28. The van der Waals surface area contributed by atoms with Crippen LogP contribution >= 0.6 is 0 Å². The van der Waals surface area contributed by atoms with Gasteiger partial charge in [-0.2, -0.15) is 0 Å². The van der Waals surface area contributed by atoms with Crippen LogP contribution in [0.3, 0.4) is 0 Å². The van der Waals surface area contributed by atoms with Gasteiger partial charge in [-0.05, 0) is 37.4 Å². The lowest BCUT2D eigenvalue weighted by molar-refractivity contribution is 0.0936. The first-order valence-corrected chi connectivity index (χ1v) is 10.6. The van der Waals surface area contributed by atoms with Crippen LogP contribution in [-0.2, 0) is 13.0 Å². The highest BCUT2D eigenvalue weighted by Crippen LogP contribution is 2.31. The van der Waals surface area contributed by atoms with Crippen LogP contribution in [0.1, 0.15) is 51.8 Å². The Morgan fingerprint density at radius 2 is 2.15 bits per heavy atom. The van der Waals surface area contributed by atoms with Crippen LogP contribution in [0.5, 0.6) is 0 Å². The van der Waals surface area contributed by atoms with Crippen LogP contribution in [0.25, 0.3) is 10.9 Å². The highest BCUT2D eigenvalue weighted by atomic mass is 19.1. The number of halogens is 2. The molecule has 33 heavy (non-hydrogen) atoms. The van der Waals surface area contributed by atoms with Crippen molar-refractivity contribution < 1.29 is 13.6 Å². The number of alkyl halides is 1. The minimum Gasteiger partial charge on any atom is -0.356 e. The van der Waals surface area contributed by atoms with Crippen LogP contribution < -0.4 is 5.32 Å². The Hall–Kier alpha value is -3.99. The number of nitrogens with one attached hydrogen (secondary N) is 2. The number of hydrogen-bond donors (Lipinski definition) is 2. The number of benzene rings is 1. The molecule has 3 aromatic heterocycles. The number of rotatable bonds is 4. The number of aromatic amines is 1. The van der Waals surface area contributed by atoms with Gasteiger partial charge in [-0.25, -0.2) is 18.7 Å². The summed E-state index contributed by atoms with van der Waals surface area (Å²) >= 11 is 0. The smallest absolute Gasteiger partial charge is 0.270 e. The van der Waals surface area contributed by atoms with Crippen LogP contribution in [0, 0.1) is 24.6 Å². The van der Waals surface area contributed by atoms with Gasteiger partial charge in [0.1, 0.15) is 17.9 Å². The number of para-hydroxylation sites is 1. The number of aryl methyl sites for hydroxylation is 1. The fraction of sp³-hybridized carbons (Fsp3) is 0.240. The second kappa shape index (κ2) is 8.17. The predicted octanol–water partition coefficient (Wildman–Crippen LogP) is 3.99. The number of hydrogen-bond acceptors (Lipinski definition) is 3. The summed E-state index contributed by atoms with van der Waals surface area (Å²) in [4.78, 5) is 25.2. The molecule has 2 atom stereocenters. The molecule has 5 rings (SSSR count). The summed E-state index contributed by atoms with van der Waals surface area (Å²) in [5.74, 6) is 4.27. The number of fused-ring (bicyclic) bond motifs is 2. The summed E-state index contributed by atoms with van der Waals surface area (Å²) in [6, 6.07) is 10.4. The molecule has 8 heteroatoms. The van der Waals surface area contributed by atoms with Gasteiger partial charge in [0.15, 0.2) is 5.82 Å². The Morgan fingerprint density at radius 1 is 1.33 bits per heavy atom. The molecule has 4 heterocycles. The molecule has 1 aliphatic heterocycles. The summed E-state index contributed by atoms with van der Waals surface area (Å²) in [5.41, 5.74) is 3.18. The molecular formula is C25H21F2N5O. The van der Waals surface area contributed by atoms with Gasteiger partial charge in [0, 0.05) is 23.3 Å². The Morgan fingerprint density at radius 3 is 2.94 bits per heavy atom. The largest absolute Gasteiger partial charge is 0.356 e. The molecule has 0 spiro atoms. The number of nitrogens with zero attached hydrogens (tertiary/aromatic N) is 3. The van der Waals surface area contributed by atoms with Crippen molar-refractivity contribution in [3.8, 4) is 11.8 Å². The first-order chi connectivity index (χ1) is 15.9. The maximum Gasteiger partial charge on any atom is 0.270 e. The summed E-state index contributed by atoms with van der Waals surface area (Å²) in [7, 11) is 0. The molecule has 0 aliphatic carbocycles. The van der Waals surface area contributed by atoms with Crippen molar-refractivity contribution in [1.29, 1.82) is 0 Å². The van der Waals surface area contributed by atoms with Crippen molar-refractivity contribution in [1.82, 2.24) is 24.8 Å². The van der Waals surface area contributed by atoms with E-state index in [0.29, 0.717) is 11.4 Å². The van der Waals surface area contributed by atoms with Crippen molar-refractivity contribution in [2.45, 2.75) is 39.0 Å². The molecule has 0 saturated carbocycles. The van der Waals surface area contributed by atoms with E-state index in [-0.39, 0.29) is 29.9 Å². The molecule has 4 aromatic rings. The molecule has 2 N–H and O–H groups in total. The van der Waals surface area contributed by atoms with E-state index in [1.165, 1.54) is 13.0 Å². The highest BCUT2D eigenvalue weighted by Gasteiger charge is 2.31. The van der Waals surface area contributed by atoms with Crippen molar-refractivity contribution in [3.05, 3.63) is 82.6 Å². The number of imidazole rings is 1. The molecule has 1 amide bonds. The van der Waals surface area contributed by atoms with E-state index in [4.69, 9.17) is 0 Å². The predicted molar refractivity (Wildman–Crippen MR) is 120 cm³/mol. The van der Waals surface area contributed by atoms with Gasteiger partial charge in [0.25, 0.3) is 5.91 Å². The van der Waals surface area contributed by atoms with E-state index in [1.807, 2.05) is 30.3 Å². The number of amides is 1. The maximum atomic E-state index is 14.3. The Bertz CT molecular complexity index is 1410. The van der Waals surface area contributed by atoms with Gasteiger partial charge >= 0.3 is 0 Å². The average Bonchev–Trinajstić information content (AvgIpc) is 3.48. The number of carbonyl (C=O) groups is 1. The highest BCUT2D eigenvalue weighted by molar-refractivity contribution is 5.93. The standard InChI is InChI=1S/C25H21F2N5O/c1-3-6-16-10-20(29-14(2)22(16)27)25(33)31-23(19-9-15-7-4-5-8-18(15)30-19)24-21-11-17(26)12-32(21)13-28-24/h4-5,7-10,13,17,23,30H,11-12H2,1-2H3,(H,31,33)/t17-,23?/m1/s1. The first kappa shape index (κ1) is 20.9. The first-order valence-electron chi connectivity index (χ1n) is 10.6. The zero-order chi connectivity index (χ0) is 23.1. The Kier molecular flexibility index (Phi) is 5.17. The molecule has 1 aromatic carbocycles. The lowest BCUT2D eigenvalue weighted by Crippen LogP contribution is -2.31. The summed E-state index contributed by atoms with van der Waals surface area (Å²) < 4.78 is 30.2. The van der Waals surface area contributed by atoms with Gasteiger partial charge in [0.05, 0.1) is 29.8 Å². The number of aromatic nitrogens is 4. The van der Waals surface area contributed by atoms with E-state index in [1.54, 1.807) is 17.8 Å². The third-order valence-corrected chi connectivity index (χ3v) is 5.81. The van der Waals surface area contributed by atoms with Gasteiger partial charge in [-0.1, -0.05) is 24.1 Å². The van der Waals surface area contributed by atoms with Crippen LogP contribution in [0.2, 0.25) is 0 Å². The van der Waals surface area contributed by atoms with E-state index >= 15 is 0 Å². The molecule has 0 saturated heterocycles. The summed E-state index contributed by atoms with van der Waals surface area (Å²) in [6.45, 7) is 3.33. The summed E-state index contributed by atoms with van der Waals surface area (Å²) in [6.07, 6.45) is 0.838. The molecule has 1 unspecified atom stereocenters. The lowest BCUT2D eigenvalue weighted by Gasteiger charge is -2.18. The number of pyridine rings is 1. The molecule has 0 fully saturated rings. The van der Waals surface area contributed by atoms with Crippen LogP contribution in [0.4, 0.5) is 8.78 Å². The van der Waals surface area contributed by atoms with Crippen LogP contribution in [0.15, 0.2) is 42.7 Å². The second-order valence-corrected chi connectivity index (χ2v) is 8.08. The SMILES string of the molecule is CC#Cc1cc(C(=O)NC(c2cc3ccccc3[nH]2)c2ncn3c2C[C@@H](F)C3)nc(C)c1F. The van der Waals surface area contributed by atoms with E-state index in [0.717, 1.165) is 16.6 Å². The number of carbonyl (C=O) groups excluding carboxylic acids is 1. The minimum atomic E-state index is -0.989. The molecule has 1 aliphatic rings. The lowest BCUT2D eigenvalue weighted by atomic mass is 10.1. The average molecular weight is 445 g/mol. The van der Waals surface area contributed by atoms with E-state index in [9.17, 15) is 13.6 Å². The van der Waals surface area contributed by atoms with Gasteiger partial charge in [0.2, 0.25) is 0 Å². The van der Waals surface area contributed by atoms with Gasteiger partial charge < -0.3 is 14.9 Å². The third kappa shape index (κ3) is 3.76. The van der Waals surface area contributed by atoms with E-state index < -0.39 is 23.9 Å². The third-order valence-electron chi connectivity index (χ3n) is 5.81. The minimum absolute atomic E-state index is 0.0481. The normalized spacial score (nSPS) is 15.7. The molecule has 6 nitrogen and oxygen atoms in total. The maximum absolute atomic E-state index is 14.3. The number of H-pyrrole nitrogens is 1. The topological polar surface area (TPSA) is 75.6 Å².